The molecule has 21 heavy (non-hydrogen) atoms. The average molecular weight is 307 g/mol. The third-order valence-electron chi connectivity index (χ3n) is 3.95. The topological polar surface area (TPSA) is 66.9 Å². The van der Waals surface area contributed by atoms with Gasteiger partial charge in [-0.15, -0.1) is 0 Å². The summed E-state index contributed by atoms with van der Waals surface area (Å²) in [5.74, 6) is 1.92. The lowest BCUT2D eigenvalue weighted by atomic mass is 10.2. The summed E-state index contributed by atoms with van der Waals surface area (Å²) in [7, 11) is 1.70. The lowest BCUT2D eigenvalue weighted by Gasteiger charge is -2.21. The monoisotopic (exact) mass is 307 g/mol. The number of aromatic amines is 1. The molecule has 1 aliphatic rings. The molecule has 0 amide bonds. The maximum atomic E-state index is 5.08. The highest BCUT2D eigenvalue weighted by Crippen LogP contribution is 2.35. The molecule has 114 valence electrons. The zero-order valence-electron chi connectivity index (χ0n) is 12.7. The van der Waals surface area contributed by atoms with Gasteiger partial charge in [0.05, 0.1) is 18.3 Å². The normalized spacial score (nSPS) is 18.6. The van der Waals surface area contributed by atoms with E-state index in [4.69, 9.17) is 4.74 Å². The largest absolute Gasteiger partial charge is 0.384 e. The molecule has 1 N–H and O–H groups in total. The van der Waals surface area contributed by atoms with Gasteiger partial charge >= 0.3 is 0 Å². The quantitative estimate of drug-likeness (QED) is 0.919. The first-order valence-corrected chi connectivity index (χ1v) is 8.07. The van der Waals surface area contributed by atoms with E-state index >= 15 is 0 Å². The Kier molecular flexibility index (Phi) is 4.21. The minimum absolute atomic E-state index is 0.292. The molecular weight excluding hydrogens is 286 g/mol. The molecule has 1 atom stereocenters. The first kappa shape index (κ1) is 14.5. The van der Waals surface area contributed by atoms with Crippen molar-refractivity contribution in [2.45, 2.75) is 39.2 Å². The van der Waals surface area contributed by atoms with Crippen LogP contribution in [-0.4, -0.2) is 39.6 Å². The van der Waals surface area contributed by atoms with Crippen LogP contribution < -0.4 is 4.90 Å². The van der Waals surface area contributed by atoms with Crippen molar-refractivity contribution in [1.82, 2.24) is 19.3 Å². The van der Waals surface area contributed by atoms with Crippen LogP contribution in [0.4, 0.5) is 5.13 Å². The van der Waals surface area contributed by atoms with Crippen LogP contribution in [0, 0.1) is 13.8 Å². The number of hydrogen-bond acceptors (Lipinski definition) is 6. The number of imidazole rings is 1. The molecule has 1 fully saturated rings. The van der Waals surface area contributed by atoms with Gasteiger partial charge in [0.25, 0.3) is 0 Å². The van der Waals surface area contributed by atoms with Crippen molar-refractivity contribution in [3.63, 3.8) is 0 Å². The van der Waals surface area contributed by atoms with Gasteiger partial charge in [0.15, 0.2) is 0 Å². The van der Waals surface area contributed by atoms with Gasteiger partial charge in [0.2, 0.25) is 5.13 Å². The Balaban J connectivity index is 1.78. The summed E-state index contributed by atoms with van der Waals surface area (Å²) in [6.07, 6.45) is 3.04. The maximum Gasteiger partial charge on any atom is 0.205 e. The number of nitrogens with zero attached hydrogens (tertiary/aromatic N) is 4. The van der Waals surface area contributed by atoms with E-state index in [1.165, 1.54) is 11.5 Å². The number of rotatable bonds is 5. The molecule has 2 aromatic rings. The van der Waals surface area contributed by atoms with Crippen LogP contribution in [0.15, 0.2) is 0 Å². The van der Waals surface area contributed by atoms with Crippen molar-refractivity contribution >= 4 is 16.7 Å². The molecule has 3 heterocycles. The van der Waals surface area contributed by atoms with Gasteiger partial charge in [-0.3, -0.25) is 0 Å². The SMILES string of the molecule is COCCc1nsc(N2CCCC2c2nc(C)c(C)[nH]2)n1. The third-order valence-corrected chi connectivity index (χ3v) is 4.74. The summed E-state index contributed by atoms with van der Waals surface area (Å²) in [6, 6.07) is 0.292. The molecule has 1 saturated heterocycles. The lowest BCUT2D eigenvalue weighted by molar-refractivity contribution is 0.201. The standard InChI is InChI=1S/C14H21N5OS/c1-9-10(2)16-13(15-9)11-5-4-7-19(11)14-17-12(18-21-14)6-8-20-3/h11H,4-8H2,1-3H3,(H,15,16). The highest BCUT2D eigenvalue weighted by molar-refractivity contribution is 7.09. The smallest absolute Gasteiger partial charge is 0.205 e. The second-order valence-electron chi connectivity index (χ2n) is 5.42. The summed E-state index contributed by atoms with van der Waals surface area (Å²) in [5.41, 5.74) is 2.23. The van der Waals surface area contributed by atoms with E-state index in [2.05, 4.69) is 31.1 Å². The van der Waals surface area contributed by atoms with E-state index in [-0.39, 0.29) is 0 Å². The predicted octanol–water partition coefficient (Wildman–Crippen LogP) is 2.41. The Morgan fingerprint density at radius 2 is 2.24 bits per heavy atom. The average Bonchev–Trinajstić information content (AvgIpc) is 3.17. The molecule has 1 aliphatic heterocycles. The number of nitrogens with one attached hydrogen (secondary N) is 1. The predicted molar refractivity (Wildman–Crippen MR) is 82.9 cm³/mol. The van der Waals surface area contributed by atoms with Crippen LogP contribution in [0.5, 0.6) is 0 Å². The zero-order valence-corrected chi connectivity index (χ0v) is 13.5. The van der Waals surface area contributed by atoms with E-state index in [1.54, 1.807) is 7.11 Å². The van der Waals surface area contributed by atoms with Crippen molar-refractivity contribution in [1.29, 1.82) is 0 Å². The molecule has 3 rings (SSSR count). The zero-order chi connectivity index (χ0) is 14.8. The maximum absolute atomic E-state index is 5.08. The van der Waals surface area contributed by atoms with Gasteiger partial charge in [-0.2, -0.15) is 4.37 Å². The number of methoxy groups -OCH3 is 1. The molecule has 6 nitrogen and oxygen atoms in total. The number of H-pyrrole nitrogens is 1. The van der Waals surface area contributed by atoms with Crippen molar-refractivity contribution < 1.29 is 4.74 Å². The Morgan fingerprint density at radius 1 is 1.38 bits per heavy atom. The van der Waals surface area contributed by atoms with Crippen molar-refractivity contribution in [2.24, 2.45) is 0 Å². The van der Waals surface area contributed by atoms with E-state index < -0.39 is 0 Å². The third kappa shape index (κ3) is 2.94. The second kappa shape index (κ2) is 6.11. The van der Waals surface area contributed by atoms with Crippen molar-refractivity contribution in [3.8, 4) is 0 Å². The molecule has 1 unspecified atom stereocenters. The highest BCUT2D eigenvalue weighted by Gasteiger charge is 2.31. The Hall–Kier alpha value is -1.47. The summed E-state index contributed by atoms with van der Waals surface area (Å²) in [6.45, 7) is 5.79. The molecule has 0 radical (unpaired) electrons. The minimum atomic E-state index is 0.292. The van der Waals surface area contributed by atoms with Crippen LogP contribution in [0.2, 0.25) is 0 Å². The fraction of sp³-hybridized carbons (Fsp3) is 0.643. The lowest BCUT2D eigenvalue weighted by Crippen LogP contribution is -2.23. The molecule has 0 bridgehead atoms. The fourth-order valence-electron chi connectivity index (χ4n) is 2.67. The number of hydrogen-bond donors (Lipinski definition) is 1. The second-order valence-corrected chi connectivity index (χ2v) is 6.15. The van der Waals surface area contributed by atoms with Crippen LogP contribution in [0.1, 0.15) is 41.9 Å². The Labute approximate surface area is 128 Å². The number of aryl methyl sites for hydroxylation is 2. The summed E-state index contributed by atoms with van der Waals surface area (Å²) in [5, 5.41) is 0.996. The first-order chi connectivity index (χ1) is 10.2. The van der Waals surface area contributed by atoms with E-state index in [0.717, 1.165) is 54.0 Å². The molecular formula is C14H21N5OS. The summed E-state index contributed by atoms with van der Waals surface area (Å²) >= 11 is 1.47. The van der Waals surface area contributed by atoms with E-state index in [1.807, 2.05) is 6.92 Å². The van der Waals surface area contributed by atoms with Crippen LogP contribution in [0.25, 0.3) is 0 Å². The molecule has 7 heteroatoms. The van der Waals surface area contributed by atoms with Gasteiger partial charge in [-0.25, -0.2) is 9.97 Å². The molecule has 2 aromatic heterocycles. The van der Waals surface area contributed by atoms with E-state index in [0.29, 0.717) is 12.6 Å². The van der Waals surface area contributed by atoms with Gasteiger partial charge < -0.3 is 14.6 Å². The fourth-order valence-corrected chi connectivity index (χ4v) is 3.46. The van der Waals surface area contributed by atoms with Gasteiger partial charge in [-0.1, -0.05) is 0 Å². The number of anilines is 1. The van der Waals surface area contributed by atoms with Gasteiger partial charge in [0, 0.05) is 37.3 Å². The van der Waals surface area contributed by atoms with Gasteiger partial charge in [0.1, 0.15) is 11.6 Å². The highest BCUT2D eigenvalue weighted by atomic mass is 32.1. The van der Waals surface area contributed by atoms with Crippen LogP contribution >= 0.6 is 11.5 Å². The van der Waals surface area contributed by atoms with E-state index in [9.17, 15) is 0 Å². The molecule has 0 saturated carbocycles. The Bertz CT molecular complexity index is 589. The van der Waals surface area contributed by atoms with Gasteiger partial charge in [-0.05, 0) is 26.7 Å². The minimum Gasteiger partial charge on any atom is -0.384 e. The summed E-state index contributed by atoms with van der Waals surface area (Å²) in [4.78, 5) is 15.0. The van der Waals surface area contributed by atoms with Crippen molar-refractivity contribution in [3.05, 3.63) is 23.0 Å². The molecule has 0 aromatic carbocycles. The summed E-state index contributed by atoms with van der Waals surface area (Å²) < 4.78 is 9.51. The van der Waals surface area contributed by atoms with Crippen LogP contribution in [-0.2, 0) is 11.2 Å². The molecule has 0 aliphatic carbocycles. The number of ether oxygens (including phenoxy) is 1. The molecule has 0 spiro atoms. The number of aromatic nitrogens is 4. The Morgan fingerprint density at radius 3 is 2.95 bits per heavy atom. The first-order valence-electron chi connectivity index (χ1n) is 7.30. The van der Waals surface area contributed by atoms with Crippen LogP contribution in [0.3, 0.4) is 0 Å². The van der Waals surface area contributed by atoms with Crippen molar-refractivity contribution in [2.75, 3.05) is 25.2 Å².